The van der Waals surface area contributed by atoms with Crippen molar-refractivity contribution in [2.75, 3.05) is 5.32 Å². The first-order chi connectivity index (χ1) is 12.7. The molecule has 6 nitrogen and oxygen atoms in total. The monoisotopic (exact) mass is 450 g/mol. The number of aryl methyl sites for hydroxylation is 2. The maximum absolute atomic E-state index is 12.7. The highest BCUT2D eigenvalue weighted by Crippen LogP contribution is 2.31. The second-order valence-corrected chi connectivity index (χ2v) is 9.04. The predicted octanol–water partition coefficient (Wildman–Crippen LogP) is 3.08. The number of rotatable bonds is 4. The SMILES string of the molecule is Cc1ccc(CC(=O)NS(=O)(=O)c2cc3c(cc2Br)CCCC(=O)N3)cc1. The zero-order valence-corrected chi connectivity index (χ0v) is 17.1. The van der Waals surface area contributed by atoms with E-state index in [9.17, 15) is 18.0 Å². The molecule has 0 saturated carbocycles. The van der Waals surface area contributed by atoms with Crippen molar-refractivity contribution < 1.29 is 18.0 Å². The maximum atomic E-state index is 12.7. The third kappa shape index (κ3) is 4.75. The zero-order chi connectivity index (χ0) is 19.6. The van der Waals surface area contributed by atoms with E-state index in [0.717, 1.165) is 16.7 Å². The molecule has 0 spiro atoms. The van der Waals surface area contributed by atoms with E-state index in [-0.39, 0.29) is 17.2 Å². The Morgan fingerprint density at radius 2 is 1.89 bits per heavy atom. The van der Waals surface area contributed by atoms with E-state index in [2.05, 4.69) is 26.0 Å². The van der Waals surface area contributed by atoms with E-state index in [4.69, 9.17) is 0 Å². The average Bonchev–Trinajstić information content (AvgIpc) is 2.76. The van der Waals surface area contributed by atoms with Crippen LogP contribution in [0, 0.1) is 6.92 Å². The first-order valence-corrected chi connectivity index (χ1v) is 10.8. The molecule has 2 amide bonds. The predicted molar refractivity (Wildman–Crippen MR) is 106 cm³/mol. The van der Waals surface area contributed by atoms with Gasteiger partial charge >= 0.3 is 0 Å². The quantitative estimate of drug-likeness (QED) is 0.748. The van der Waals surface area contributed by atoms with E-state index in [1.165, 1.54) is 6.07 Å². The molecule has 0 bridgehead atoms. The molecule has 0 unspecified atom stereocenters. The topological polar surface area (TPSA) is 92.3 Å². The van der Waals surface area contributed by atoms with Gasteiger partial charge < -0.3 is 5.32 Å². The molecule has 2 aromatic rings. The molecule has 0 fully saturated rings. The Bertz CT molecular complexity index is 1000. The van der Waals surface area contributed by atoms with E-state index >= 15 is 0 Å². The summed E-state index contributed by atoms with van der Waals surface area (Å²) in [7, 11) is -4.08. The van der Waals surface area contributed by atoms with Crippen LogP contribution in [0.25, 0.3) is 0 Å². The van der Waals surface area contributed by atoms with Crippen LogP contribution in [0.2, 0.25) is 0 Å². The number of halogens is 1. The van der Waals surface area contributed by atoms with Crippen molar-refractivity contribution in [3.05, 3.63) is 57.6 Å². The molecule has 3 rings (SSSR count). The lowest BCUT2D eigenvalue weighted by Gasteiger charge is -2.13. The summed E-state index contributed by atoms with van der Waals surface area (Å²) in [6, 6.07) is 10.4. The molecule has 27 heavy (non-hydrogen) atoms. The van der Waals surface area contributed by atoms with Crippen LogP contribution in [0.5, 0.6) is 0 Å². The molecule has 0 saturated heterocycles. The number of sulfonamides is 1. The fraction of sp³-hybridized carbons (Fsp3) is 0.263. The van der Waals surface area contributed by atoms with Crippen LogP contribution in [-0.4, -0.2) is 20.2 Å². The number of carbonyl (C=O) groups is 2. The van der Waals surface area contributed by atoms with Gasteiger partial charge in [-0.2, -0.15) is 0 Å². The van der Waals surface area contributed by atoms with Crippen molar-refractivity contribution in [1.29, 1.82) is 0 Å². The summed E-state index contributed by atoms with van der Waals surface area (Å²) >= 11 is 3.27. The van der Waals surface area contributed by atoms with Crippen LogP contribution in [0.1, 0.15) is 29.5 Å². The van der Waals surface area contributed by atoms with Gasteiger partial charge in [0.05, 0.1) is 6.42 Å². The molecule has 8 heteroatoms. The van der Waals surface area contributed by atoms with Crippen LogP contribution in [0.15, 0.2) is 45.8 Å². The summed E-state index contributed by atoms with van der Waals surface area (Å²) in [4.78, 5) is 23.9. The minimum Gasteiger partial charge on any atom is -0.326 e. The number of benzene rings is 2. The molecule has 2 N–H and O–H groups in total. The van der Waals surface area contributed by atoms with Crippen LogP contribution >= 0.6 is 15.9 Å². The normalized spacial score (nSPS) is 14.1. The van der Waals surface area contributed by atoms with Gasteiger partial charge in [0.25, 0.3) is 10.0 Å². The lowest BCUT2D eigenvalue weighted by atomic mass is 10.1. The number of anilines is 1. The van der Waals surface area contributed by atoms with E-state index < -0.39 is 15.9 Å². The Balaban J connectivity index is 1.83. The summed E-state index contributed by atoms with van der Waals surface area (Å²) in [5.74, 6) is -0.771. The molecule has 0 aliphatic carbocycles. The number of carbonyl (C=O) groups excluding carboxylic acids is 2. The number of hydrogen-bond acceptors (Lipinski definition) is 4. The lowest BCUT2D eigenvalue weighted by molar-refractivity contribution is -0.119. The standard InChI is InChI=1S/C19H19BrN2O4S/c1-12-5-7-13(8-6-12)9-19(24)22-27(25,26)17-11-16-14(10-15(17)20)3-2-4-18(23)21-16/h5-8,10-11H,2-4,9H2,1H3,(H,21,23)(H,22,24). The van der Waals surface area contributed by atoms with Gasteiger partial charge in [0.1, 0.15) is 4.90 Å². The third-order valence-electron chi connectivity index (χ3n) is 4.30. The highest BCUT2D eigenvalue weighted by Gasteiger charge is 2.24. The number of nitrogens with one attached hydrogen (secondary N) is 2. The molecule has 1 heterocycles. The number of hydrogen-bond donors (Lipinski definition) is 2. The summed E-state index contributed by atoms with van der Waals surface area (Å²) in [6.45, 7) is 1.93. The smallest absolute Gasteiger partial charge is 0.265 e. The Kier molecular flexibility index (Phi) is 5.67. The second kappa shape index (κ2) is 7.82. The molecular weight excluding hydrogens is 432 g/mol. The second-order valence-electron chi connectivity index (χ2n) is 6.53. The Hall–Kier alpha value is -2.19. The highest BCUT2D eigenvalue weighted by atomic mass is 79.9. The van der Waals surface area contributed by atoms with Crippen LogP contribution < -0.4 is 10.0 Å². The Morgan fingerprint density at radius 1 is 1.19 bits per heavy atom. The molecule has 0 radical (unpaired) electrons. The molecule has 0 aromatic heterocycles. The molecular formula is C19H19BrN2O4S. The first-order valence-electron chi connectivity index (χ1n) is 8.48. The van der Waals surface area contributed by atoms with Crippen molar-refractivity contribution in [3.63, 3.8) is 0 Å². The first kappa shape index (κ1) is 19.6. The van der Waals surface area contributed by atoms with Crippen LogP contribution in [-0.2, 0) is 32.5 Å². The molecule has 1 aliphatic rings. The van der Waals surface area contributed by atoms with Crippen molar-refractivity contribution in [3.8, 4) is 0 Å². The minimum atomic E-state index is -4.08. The fourth-order valence-corrected chi connectivity index (χ4v) is 5.01. The molecule has 0 atom stereocenters. The van der Waals surface area contributed by atoms with Gasteiger partial charge in [-0.3, -0.25) is 9.59 Å². The van der Waals surface area contributed by atoms with Gasteiger partial charge in [0.15, 0.2) is 0 Å². The van der Waals surface area contributed by atoms with E-state index in [1.807, 2.05) is 19.1 Å². The van der Waals surface area contributed by atoms with Gasteiger partial charge in [-0.05, 0) is 59.0 Å². The van der Waals surface area contributed by atoms with Crippen LogP contribution in [0.3, 0.4) is 0 Å². The van der Waals surface area contributed by atoms with Crippen molar-refractivity contribution >= 4 is 43.5 Å². The van der Waals surface area contributed by atoms with Crippen molar-refractivity contribution in [1.82, 2.24) is 4.72 Å². The minimum absolute atomic E-state index is 0.0429. The van der Waals surface area contributed by atoms with E-state index in [0.29, 0.717) is 29.4 Å². The summed E-state index contributed by atoms with van der Waals surface area (Å²) < 4.78 is 27.8. The van der Waals surface area contributed by atoms with Gasteiger partial charge in [-0.15, -0.1) is 0 Å². The third-order valence-corrected chi connectivity index (χ3v) is 6.64. The Labute approximate surface area is 166 Å². The number of amides is 2. The van der Waals surface area contributed by atoms with Gasteiger partial charge in [-0.25, -0.2) is 13.1 Å². The largest absolute Gasteiger partial charge is 0.326 e. The fourth-order valence-electron chi connectivity index (χ4n) is 2.91. The van der Waals surface area contributed by atoms with Crippen molar-refractivity contribution in [2.24, 2.45) is 0 Å². The highest BCUT2D eigenvalue weighted by molar-refractivity contribution is 9.10. The summed E-state index contributed by atoms with van der Waals surface area (Å²) in [5.41, 5.74) is 3.11. The maximum Gasteiger partial charge on any atom is 0.265 e. The zero-order valence-electron chi connectivity index (χ0n) is 14.7. The van der Waals surface area contributed by atoms with Crippen LogP contribution in [0.4, 0.5) is 5.69 Å². The summed E-state index contributed by atoms with van der Waals surface area (Å²) in [6.07, 6.45) is 1.72. The van der Waals surface area contributed by atoms with Crippen molar-refractivity contribution in [2.45, 2.75) is 37.5 Å². The van der Waals surface area contributed by atoms with Gasteiger partial charge in [0, 0.05) is 16.6 Å². The molecule has 142 valence electrons. The summed E-state index contributed by atoms with van der Waals surface area (Å²) in [5, 5.41) is 2.72. The Morgan fingerprint density at radius 3 is 2.59 bits per heavy atom. The number of fused-ring (bicyclic) bond motifs is 1. The van der Waals surface area contributed by atoms with Gasteiger partial charge in [0.2, 0.25) is 11.8 Å². The average molecular weight is 451 g/mol. The van der Waals surface area contributed by atoms with E-state index in [1.54, 1.807) is 18.2 Å². The molecule has 1 aliphatic heterocycles. The lowest BCUT2D eigenvalue weighted by Crippen LogP contribution is -2.32. The molecule has 2 aromatic carbocycles. The van der Waals surface area contributed by atoms with Gasteiger partial charge in [-0.1, -0.05) is 29.8 Å².